The third-order valence-corrected chi connectivity index (χ3v) is 6.08. The standard InChI is InChI=1S/C19H36O2/c1-6-21-19(9-7-18(4,5)8-10-19)17(20)16-12-14(2)11-15(3)13-16/h14-17,20H,6-13H2,1-5H3. The number of hydrogen-bond acceptors (Lipinski definition) is 2. The fraction of sp³-hybridized carbons (Fsp3) is 1.00. The molecule has 0 spiro atoms. The van der Waals surface area contributed by atoms with Crippen molar-refractivity contribution in [1.82, 2.24) is 0 Å². The van der Waals surface area contributed by atoms with Crippen LogP contribution in [0.1, 0.15) is 79.6 Å². The average Bonchev–Trinajstić information content (AvgIpc) is 2.40. The minimum absolute atomic E-state index is 0.272. The highest BCUT2D eigenvalue weighted by Crippen LogP contribution is 2.47. The van der Waals surface area contributed by atoms with Crippen LogP contribution >= 0.6 is 0 Å². The van der Waals surface area contributed by atoms with Crippen LogP contribution in [0.25, 0.3) is 0 Å². The molecule has 3 atom stereocenters. The second kappa shape index (κ2) is 6.58. The Kier molecular flexibility index (Phi) is 5.41. The Hall–Kier alpha value is -0.0800. The minimum atomic E-state index is -0.279. The van der Waals surface area contributed by atoms with Gasteiger partial charge in [0.2, 0.25) is 0 Å². The number of aliphatic hydroxyl groups is 1. The van der Waals surface area contributed by atoms with Gasteiger partial charge in [0.1, 0.15) is 0 Å². The molecule has 0 aromatic carbocycles. The molecule has 0 saturated heterocycles. The third-order valence-electron chi connectivity index (χ3n) is 6.08. The van der Waals surface area contributed by atoms with E-state index in [1.54, 1.807) is 0 Å². The van der Waals surface area contributed by atoms with E-state index < -0.39 is 0 Å². The summed E-state index contributed by atoms with van der Waals surface area (Å²) in [6.45, 7) is 12.2. The zero-order valence-corrected chi connectivity index (χ0v) is 14.8. The van der Waals surface area contributed by atoms with Crippen LogP contribution in [0.3, 0.4) is 0 Å². The summed E-state index contributed by atoms with van der Waals surface area (Å²) in [7, 11) is 0. The van der Waals surface area contributed by atoms with Crippen molar-refractivity contribution in [1.29, 1.82) is 0 Å². The molecule has 2 fully saturated rings. The first-order chi connectivity index (χ1) is 9.78. The Morgan fingerprint density at radius 3 is 2.00 bits per heavy atom. The van der Waals surface area contributed by atoms with Gasteiger partial charge in [-0.1, -0.05) is 27.7 Å². The van der Waals surface area contributed by atoms with Crippen LogP contribution in [0.2, 0.25) is 0 Å². The zero-order valence-electron chi connectivity index (χ0n) is 14.8. The first-order valence-electron chi connectivity index (χ1n) is 9.10. The molecular weight excluding hydrogens is 260 g/mol. The van der Waals surface area contributed by atoms with Gasteiger partial charge < -0.3 is 9.84 Å². The first-order valence-corrected chi connectivity index (χ1v) is 9.10. The highest BCUT2D eigenvalue weighted by Gasteiger charge is 2.47. The van der Waals surface area contributed by atoms with Gasteiger partial charge in [-0.05, 0) is 75.0 Å². The number of rotatable bonds is 4. The molecule has 2 heteroatoms. The highest BCUT2D eigenvalue weighted by atomic mass is 16.5. The van der Waals surface area contributed by atoms with Crippen LogP contribution in [0.4, 0.5) is 0 Å². The molecule has 0 aromatic rings. The Morgan fingerprint density at radius 1 is 1.00 bits per heavy atom. The molecule has 2 saturated carbocycles. The quantitative estimate of drug-likeness (QED) is 0.808. The Bertz CT molecular complexity index is 316. The maximum absolute atomic E-state index is 11.2. The lowest BCUT2D eigenvalue weighted by molar-refractivity contribution is -0.173. The van der Waals surface area contributed by atoms with Gasteiger partial charge in [-0.15, -0.1) is 0 Å². The fourth-order valence-electron chi connectivity index (χ4n) is 4.86. The van der Waals surface area contributed by atoms with Gasteiger partial charge in [0.15, 0.2) is 0 Å². The second-order valence-corrected chi connectivity index (χ2v) is 8.78. The molecule has 0 heterocycles. The molecular formula is C19H36O2. The molecule has 2 nitrogen and oxygen atoms in total. The molecule has 0 aromatic heterocycles. The summed E-state index contributed by atoms with van der Waals surface area (Å²) in [6, 6.07) is 0. The summed E-state index contributed by atoms with van der Waals surface area (Å²) in [6.07, 6.45) is 7.76. The SMILES string of the molecule is CCOC1(C(O)C2CC(C)CC(C)C2)CCC(C)(C)CC1. The number of hydrogen-bond donors (Lipinski definition) is 1. The van der Waals surface area contributed by atoms with E-state index in [0.29, 0.717) is 11.3 Å². The van der Waals surface area contributed by atoms with Crippen LogP contribution in [0.15, 0.2) is 0 Å². The molecule has 0 aliphatic heterocycles. The van der Waals surface area contributed by atoms with Crippen molar-refractivity contribution in [3.63, 3.8) is 0 Å². The van der Waals surface area contributed by atoms with Crippen molar-refractivity contribution in [2.24, 2.45) is 23.2 Å². The minimum Gasteiger partial charge on any atom is -0.390 e. The van der Waals surface area contributed by atoms with Gasteiger partial charge in [0, 0.05) is 6.61 Å². The largest absolute Gasteiger partial charge is 0.390 e. The first kappa shape index (κ1) is 17.3. The summed E-state index contributed by atoms with van der Waals surface area (Å²) in [5.41, 5.74) is 0.138. The monoisotopic (exact) mass is 296 g/mol. The lowest BCUT2D eigenvalue weighted by Gasteiger charge is -2.49. The molecule has 0 radical (unpaired) electrons. The van der Waals surface area contributed by atoms with E-state index in [1.165, 1.54) is 32.1 Å². The van der Waals surface area contributed by atoms with Crippen molar-refractivity contribution in [2.75, 3.05) is 6.61 Å². The Morgan fingerprint density at radius 2 is 1.52 bits per heavy atom. The van der Waals surface area contributed by atoms with Crippen LogP contribution in [-0.4, -0.2) is 23.4 Å². The smallest absolute Gasteiger partial charge is 0.0943 e. The molecule has 21 heavy (non-hydrogen) atoms. The van der Waals surface area contributed by atoms with Crippen LogP contribution < -0.4 is 0 Å². The van der Waals surface area contributed by atoms with E-state index in [0.717, 1.165) is 31.3 Å². The van der Waals surface area contributed by atoms with E-state index in [4.69, 9.17) is 4.74 Å². The summed E-state index contributed by atoms with van der Waals surface area (Å²) in [4.78, 5) is 0. The third kappa shape index (κ3) is 4.01. The predicted octanol–water partition coefficient (Wildman–Crippen LogP) is 4.80. The van der Waals surface area contributed by atoms with E-state index in [1.807, 2.05) is 0 Å². The lowest BCUT2D eigenvalue weighted by atomic mass is 9.64. The van der Waals surface area contributed by atoms with Crippen molar-refractivity contribution in [3.8, 4) is 0 Å². The molecule has 1 N–H and O–H groups in total. The van der Waals surface area contributed by atoms with Crippen molar-refractivity contribution in [2.45, 2.75) is 91.3 Å². The van der Waals surface area contributed by atoms with Gasteiger partial charge >= 0.3 is 0 Å². The molecule has 3 unspecified atom stereocenters. The molecule has 2 aliphatic rings. The second-order valence-electron chi connectivity index (χ2n) is 8.78. The van der Waals surface area contributed by atoms with Gasteiger partial charge in [0.05, 0.1) is 11.7 Å². The lowest BCUT2D eigenvalue weighted by Crippen LogP contribution is -2.53. The Balaban J connectivity index is 2.10. The van der Waals surface area contributed by atoms with Crippen molar-refractivity contribution < 1.29 is 9.84 Å². The number of aliphatic hydroxyl groups excluding tert-OH is 1. The van der Waals surface area contributed by atoms with Crippen molar-refractivity contribution in [3.05, 3.63) is 0 Å². The maximum atomic E-state index is 11.2. The molecule has 0 bridgehead atoms. The molecule has 2 rings (SSSR count). The zero-order chi connectivity index (χ0) is 15.7. The topological polar surface area (TPSA) is 29.5 Å². The van der Waals surface area contributed by atoms with Crippen molar-refractivity contribution >= 4 is 0 Å². The van der Waals surface area contributed by atoms with Gasteiger partial charge in [0.25, 0.3) is 0 Å². The van der Waals surface area contributed by atoms with E-state index >= 15 is 0 Å². The summed E-state index contributed by atoms with van der Waals surface area (Å²) < 4.78 is 6.20. The van der Waals surface area contributed by atoms with Gasteiger partial charge in [-0.2, -0.15) is 0 Å². The van der Waals surface area contributed by atoms with Gasteiger partial charge in [-0.25, -0.2) is 0 Å². The van der Waals surface area contributed by atoms with E-state index in [9.17, 15) is 5.11 Å². The summed E-state index contributed by atoms with van der Waals surface area (Å²) in [5.74, 6) is 1.91. The molecule has 124 valence electrons. The Labute approximate surface area is 131 Å². The van der Waals surface area contributed by atoms with E-state index in [2.05, 4.69) is 34.6 Å². The van der Waals surface area contributed by atoms with E-state index in [-0.39, 0.29) is 11.7 Å². The fourth-order valence-corrected chi connectivity index (χ4v) is 4.86. The summed E-state index contributed by atoms with van der Waals surface area (Å²) in [5, 5.41) is 11.2. The highest BCUT2D eigenvalue weighted by molar-refractivity contribution is 4.99. The summed E-state index contributed by atoms with van der Waals surface area (Å²) >= 11 is 0. The van der Waals surface area contributed by atoms with Crippen LogP contribution in [0, 0.1) is 23.2 Å². The normalized spacial score (nSPS) is 37.1. The molecule has 0 amide bonds. The van der Waals surface area contributed by atoms with Crippen LogP contribution in [0.5, 0.6) is 0 Å². The number of ether oxygens (including phenoxy) is 1. The molecule has 2 aliphatic carbocycles. The average molecular weight is 296 g/mol. The van der Waals surface area contributed by atoms with Crippen LogP contribution in [-0.2, 0) is 4.74 Å². The van der Waals surface area contributed by atoms with Gasteiger partial charge in [-0.3, -0.25) is 0 Å². The predicted molar refractivity (Wildman–Crippen MR) is 88.3 cm³/mol. The maximum Gasteiger partial charge on any atom is 0.0943 e.